The molecule has 0 atom stereocenters. The van der Waals surface area contributed by atoms with E-state index >= 15 is 0 Å². The van der Waals surface area contributed by atoms with Gasteiger partial charge in [0.2, 0.25) is 5.75 Å². The molecule has 0 heterocycles. The molecule has 204 valence electrons. The number of phenols is 1. The van der Waals surface area contributed by atoms with Crippen LogP contribution in [0.3, 0.4) is 0 Å². The standard InChI is InChI=1S/C25H24F3NO8S/c1-33-20-12-15(5-6-16-13-21(34-2)24(36-4)22(14-16)35-3)11-19(23(20)30)29-38(31,32)18-9-7-17(8-10-18)37-25(26,27)28/h5-14,29-30H,1-4H3/b6-5-. The summed E-state index contributed by atoms with van der Waals surface area (Å²) in [5, 5.41) is 10.5. The molecular weight excluding hydrogens is 531 g/mol. The summed E-state index contributed by atoms with van der Waals surface area (Å²) in [6, 6.07) is 9.82. The lowest BCUT2D eigenvalue weighted by atomic mass is 10.1. The Kier molecular flexibility index (Phi) is 8.51. The summed E-state index contributed by atoms with van der Waals surface area (Å²) >= 11 is 0. The van der Waals surface area contributed by atoms with Crippen molar-refractivity contribution in [3.63, 3.8) is 0 Å². The third-order valence-electron chi connectivity index (χ3n) is 5.08. The summed E-state index contributed by atoms with van der Waals surface area (Å²) in [7, 11) is 1.42. The van der Waals surface area contributed by atoms with Crippen LogP contribution in [0.15, 0.2) is 53.4 Å². The van der Waals surface area contributed by atoms with Gasteiger partial charge in [-0.15, -0.1) is 13.2 Å². The molecule has 0 unspecified atom stereocenters. The molecular formula is C25H24F3NO8S. The second-order valence-electron chi connectivity index (χ2n) is 7.54. The number of hydrogen-bond acceptors (Lipinski definition) is 8. The van der Waals surface area contributed by atoms with Crippen molar-refractivity contribution in [1.82, 2.24) is 0 Å². The Labute approximate surface area is 217 Å². The zero-order chi connectivity index (χ0) is 28.1. The van der Waals surface area contributed by atoms with Crippen LogP contribution in [0.4, 0.5) is 18.9 Å². The predicted molar refractivity (Wildman–Crippen MR) is 134 cm³/mol. The number of methoxy groups -OCH3 is 4. The molecule has 0 aliphatic rings. The highest BCUT2D eigenvalue weighted by Gasteiger charge is 2.31. The zero-order valence-corrected chi connectivity index (χ0v) is 21.4. The van der Waals surface area contributed by atoms with Gasteiger partial charge < -0.3 is 28.8 Å². The first kappa shape index (κ1) is 28.3. The summed E-state index contributed by atoms with van der Waals surface area (Å²) in [6.45, 7) is 0. The maximum atomic E-state index is 12.9. The van der Waals surface area contributed by atoms with E-state index in [-0.39, 0.29) is 16.3 Å². The molecule has 13 heteroatoms. The fourth-order valence-electron chi connectivity index (χ4n) is 3.37. The van der Waals surface area contributed by atoms with Crippen LogP contribution < -0.4 is 28.4 Å². The quantitative estimate of drug-likeness (QED) is 0.256. The molecule has 0 saturated heterocycles. The average Bonchev–Trinajstić information content (AvgIpc) is 2.87. The van der Waals surface area contributed by atoms with E-state index in [4.69, 9.17) is 18.9 Å². The number of halogens is 3. The molecule has 38 heavy (non-hydrogen) atoms. The molecule has 3 aromatic rings. The third kappa shape index (κ3) is 6.73. The van der Waals surface area contributed by atoms with Gasteiger partial charge in [-0.2, -0.15) is 0 Å². The van der Waals surface area contributed by atoms with Gasteiger partial charge in [-0.3, -0.25) is 4.72 Å². The van der Waals surface area contributed by atoms with E-state index in [0.717, 1.165) is 24.3 Å². The molecule has 0 fully saturated rings. The minimum atomic E-state index is -4.92. The lowest BCUT2D eigenvalue weighted by Crippen LogP contribution is -2.17. The van der Waals surface area contributed by atoms with Crippen molar-refractivity contribution >= 4 is 27.9 Å². The van der Waals surface area contributed by atoms with Gasteiger partial charge in [0.25, 0.3) is 10.0 Å². The van der Waals surface area contributed by atoms with Crippen LogP contribution in [0.5, 0.6) is 34.5 Å². The molecule has 2 N–H and O–H groups in total. The number of anilines is 1. The number of phenolic OH excluding ortho intramolecular Hbond substituents is 1. The minimum absolute atomic E-state index is 0.0244. The van der Waals surface area contributed by atoms with E-state index in [2.05, 4.69) is 9.46 Å². The lowest BCUT2D eigenvalue weighted by Gasteiger charge is -2.14. The highest BCUT2D eigenvalue weighted by Crippen LogP contribution is 2.40. The normalized spacial score (nSPS) is 11.8. The van der Waals surface area contributed by atoms with Crippen LogP contribution in [0, 0.1) is 0 Å². The Morgan fingerprint density at radius 3 is 1.76 bits per heavy atom. The maximum absolute atomic E-state index is 12.9. The van der Waals surface area contributed by atoms with E-state index < -0.39 is 27.9 Å². The van der Waals surface area contributed by atoms with E-state index in [0.29, 0.717) is 28.4 Å². The molecule has 0 amide bonds. The SMILES string of the molecule is COc1cc(/C=C\c2cc(OC)c(OC)c(OC)c2)cc(NS(=O)(=O)c2ccc(OC(F)(F)F)cc2)c1O. The molecule has 0 aliphatic heterocycles. The zero-order valence-electron chi connectivity index (χ0n) is 20.6. The highest BCUT2D eigenvalue weighted by atomic mass is 32.2. The molecule has 3 aromatic carbocycles. The number of hydrogen-bond donors (Lipinski definition) is 2. The smallest absolute Gasteiger partial charge is 0.503 e. The van der Waals surface area contributed by atoms with Gasteiger partial charge >= 0.3 is 6.36 Å². The van der Waals surface area contributed by atoms with Gasteiger partial charge in [0.05, 0.1) is 39.0 Å². The first-order valence-corrected chi connectivity index (χ1v) is 12.2. The van der Waals surface area contributed by atoms with E-state index in [1.165, 1.54) is 40.6 Å². The number of rotatable bonds is 10. The van der Waals surface area contributed by atoms with E-state index in [1.807, 2.05) is 0 Å². The number of ether oxygens (including phenoxy) is 5. The molecule has 3 rings (SSSR count). The molecule has 0 saturated carbocycles. The Morgan fingerprint density at radius 2 is 1.29 bits per heavy atom. The summed E-state index contributed by atoms with van der Waals surface area (Å²) in [5.41, 5.74) is 0.888. The second kappa shape index (κ2) is 11.4. The Morgan fingerprint density at radius 1 is 0.789 bits per heavy atom. The van der Waals surface area contributed by atoms with Crippen molar-refractivity contribution in [1.29, 1.82) is 0 Å². The summed E-state index contributed by atoms with van der Waals surface area (Å²) < 4.78 is 90.0. The molecule has 0 aromatic heterocycles. The van der Waals surface area contributed by atoms with Gasteiger partial charge in [-0.05, 0) is 59.7 Å². The van der Waals surface area contributed by atoms with E-state index in [9.17, 15) is 26.7 Å². The van der Waals surface area contributed by atoms with Crippen LogP contribution in [-0.4, -0.2) is 48.3 Å². The van der Waals surface area contributed by atoms with Gasteiger partial charge in [-0.25, -0.2) is 8.42 Å². The number of nitrogens with one attached hydrogen (secondary N) is 1. The second-order valence-corrected chi connectivity index (χ2v) is 9.22. The lowest BCUT2D eigenvalue weighted by molar-refractivity contribution is -0.274. The molecule has 0 radical (unpaired) electrons. The molecule has 0 spiro atoms. The van der Waals surface area contributed by atoms with Crippen molar-refractivity contribution in [2.75, 3.05) is 33.2 Å². The van der Waals surface area contributed by atoms with Gasteiger partial charge in [0.1, 0.15) is 5.75 Å². The minimum Gasteiger partial charge on any atom is -0.503 e. The van der Waals surface area contributed by atoms with Crippen LogP contribution in [0.2, 0.25) is 0 Å². The molecule has 9 nitrogen and oxygen atoms in total. The fraction of sp³-hybridized carbons (Fsp3) is 0.200. The van der Waals surface area contributed by atoms with Crippen LogP contribution in [0.1, 0.15) is 11.1 Å². The van der Waals surface area contributed by atoms with Crippen molar-refractivity contribution in [2.24, 2.45) is 0 Å². The van der Waals surface area contributed by atoms with Gasteiger partial charge in [-0.1, -0.05) is 12.2 Å². The first-order valence-electron chi connectivity index (χ1n) is 10.7. The van der Waals surface area contributed by atoms with Crippen molar-refractivity contribution < 1.29 is 50.4 Å². The first-order chi connectivity index (χ1) is 17.9. The summed E-state index contributed by atoms with van der Waals surface area (Å²) in [5.74, 6) is 0.166. The maximum Gasteiger partial charge on any atom is 0.573 e. The number of aromatic hydroxyl groups is 1. The van der Waals surface area contributed by atoms with Gasteiger partial charge in [0, 0.05) is 0 Å². The summed E-state index contributed by atoms with van der Waals surface area (Å²) in [6.07, 6.45) is -1.60. The fourth-order valence-corrected chi connectivity index (χ4v) is 4.43. The topological polar surface area (TPSA) is 113 Å². The molecule has 0 bridgehead atoms. The van der Waals surface area contributed by atoms with E-state index in [1.54, 1.807) is 24.3 Å². The summed E-state index contributed by atoms with van der Waals surface area (Å²) in [4.78, 5) is -0.358. The average molecular weight is 556 g/mol. The Bertz CT molecular complexity index is 1400. The number of alkyl halides is 3. The monoisotopic (exact) mass is 555 g/mol. The third-order valence-corrected chi connectivity index (χ3v) is 6.47. The van der Waals surface area contributed by atoms with Crippen LogP contribution in [0.25, 0.3) is 12.2 Å². The predicted octanol–water partition coefficient (Wildman–Crippen LogP) is 5.30. The van der Waals surface area contributed by atoms with Crippen molar-refractivity contribution in [2.45, 2.75) is 11.3 Å². The van der Waals surface area contributed by atoms with Crippen LogP contribution >= 0.6 is 0 Å². The number of benzene rings is 3. The van der Waals surface area contributed by atoms with Crippen LogP contribution in [-0.2, 0) is 10.0 Å². The van der Waals surface area contributed by atoms with Crippen molar-refractivity contribution in [3.8, 4) is 34.5 Å². The van der Waals surface area contributed by atoms with Gasteiger partial charge in [0.15, 0.2) is 23.0 Å². The Balaban J connectivity index is 1.93. The number of sulfonamides is 1. The Hall–Kier alpha value is -4.26. The van der Waals surface area contributed by atoms with Crippen molar-refractivity contribution in [3.05, 3.63) is 59.7 Å². The molecule has 0 aliphatic carbocycles. The highest BCUT2D eigenvalue weighted by molar-refractivity contribution is 7.92. The largest absolute Gasteiger partial charge is 0.573 e.